The largest absolute Gasteiger partial charge is 0.309 e. The fraction of sp³-hybridized carbons (Fsp3) is 0. The van der Waals surface area contributed by atoms with Crippen molar-refractivity contribution < 1.29 is 0 Å². The molecule has 2 aromatic heterocycles. The number of nitrogens with zero attached hydrogens (tertiary/aromatic N) is 4. The van der Waals surface area contributed by atoms with Crippen LogP contribution in [0, 0.1) is 0 Å². The molecule has 0 fully saturated rings. The molecule has 7 aromatic carbocycles. The first-order valence-corrected chi connectivity index (χ1v) is 15.3. The minimum absolute atomic E-state index is 0.947. The zero-order valence-corrected chi connectivity index (χ0v) is 24.3. The second-order valence-corrected chi connectivity index (χ2v) is 11.7. The third-order valence-corrected chi connectivity index (χ3v) is 9.20. The molecule has 1 aliphatic rings. The molecule has 0 N–H and O–H groups in total. The number of hydrogen-bond donors (Lipinski definition) is 0. The van der Waals surface area contributed by atoms with Crippen LogP contribution in [0.5, 0.6) is 0 Å². The highest BCUT2D eigenvalue weighted by molar-refractivity contribution is 6.21. The summed E-state index contributed by atoms with van der Waals surface area (Å²) in [6, 6.07) is 56.5. The van der Waals surface area contributed by atoms with Gasteiger partial charge in [0.25, 0.3) is 0 Å². The van der Waals surface area contributed by atoms with Crippen LogP contribution in [0.3, 0.4) is 0 Å². The van der Waals surface area contributed by atoms with Gasteiger partial charge in [-0.3, -0.25) is 4.57 Å². The summed E-state index contributed by atoms with van der Waals surface area (Å²) >= 11 is 0. The predicted molar refractivity (Wildman–Crippen MR) is 187 cm³/mol. The molecule has 0 bridgehead atoms. The molecule has 1 aliphatic heterocycles. The summed E-state index contributed by atoms with van der Waals surface area (Å²) in [5.74, 6) is 0.947. The molecule has 0 saturated carbocycles. The van der Waals surface area contributed by atoms with Crippen LogP contribution in [0.2, 0.25) is 0 Å². The van der Waals surface area contributed by atoms with Gasteiger partial charge >= 0.3 is 0 Å². The lowest BCUT2D eigenvalue weighted by Gasteiger charge is -2.33. The molecule has 4 heteroatoms. The predicted octanol–water partition coefficient (Wildman–Crippen LogP) is 10.7. The Morgan fingerprint density at radius 3 is 2.07 bits per heavy atom. The van der Waals surface area contributed by atoms with Gasteiger partial charge < -0.3 is 9.47 Å². The van der Waals surface area contributed by atoms with Crippen LogP contribution >= 0.6 is 0 Å². The quantitative estimate of drug-likeness (QED) is 0.210. The van der Waals surface area contributed by atoms with Crippen molar-refractivity contribution >= 4 is 60.7 Å². The van der Waals surface area contributed by atoms with Crippen LogP contribution in [-0.4, -0.2) is 14.1 Å². The first kappa shape index (κ1) is 24.3. The molecular weight excluding hydrogens is 548 g/mol. The van der Waals surface area contributed by atoms with E-state index < -0.39 is 0 Å². The standard InChI is InChI=1S/C41H26N4/c1-3-13-28(14-4-1)41-42-33-19-11-21-37-40(33)45(41)35-25-23-30(26-38(35)43(37)29-15-5-2-6-16-29)44-34-20-10-9-18-32(34)39-31-17-8-7-12-27(31)22-24-36(39)44/h1-26H. The summed E-state index contributed by atoms with van der Waals surface area (Å²) in [6.07, 6.45) is 0. The summed E-state index contributed by atoms with van der Waals surface area (Å²) in [5, 5.41) is 5.07. The minimum atomic E-state index is 0.947. The number of anilines is 3. The Morgan fingerprint density at radius 1 is 0.444 bits per heavy atom. The topological polar surface area (TPSA) is 26.0 Å². The highest BCUT2D eigenvalue weighted by Crippen LogP contribution is 2.49. The van der Waals surface area contributed by atoms with E-state index in [9.17, 15) is 0 Å². The van der Waals surface area contributed by atoms with Crippen molar-refractivity contribution in [1.29, 1.82) is 0 Å². The van der Waals surface area contributed by atoms with Crippen molar-refractivity contribution in [3.8, 4) is 22.8 Å². The van der Waals surface area contributed by atoms with Crippen LogP contribution in [-0.2, 0) is 0 Å². The fourth-order valence-corrected chi connectivity index (χ4v) is 7.33. The molecule has 9 aromatic rings. The Kier molecular flexibility index (Phi) is 4.96. The average Bonchev–Trinajstić information content (AvgIpc) is 3.67. The van der Waals surface area contributed by atoms with Gasteiger partial charge in [-0.25, -0.2) is 4.98 Å². The van der Waals surface area contributed by atoms with Crippen LogP contribution < -0.4 is 4.90 Å². The second-order valence-electron chi connectivity index (χ2n) is 11.7. The van der Waals surface area contributed by atoms with Gasteiger partial charge in [0.1, 0.15) is 5.82 Å². The van der Waals surface area contributed by atoms with E-state index in [-0.39, 0.29) is 0 Å². The summed E-state index contributed by atoms with van der Waals surface area (Å²) in [7, 11) is 0. The molecule has 0 saturated heterocycles. The molecule has 0 aliphatic carbocycles. The zero-order valence-electron chi connectivity index (χ0n) is 24.3. The number of fused-ring (bicyclic) bond motifs is 7. The number of aromatic nitrogens is 3. The van der Waals surface area contributed by atoms with E-state index in [0.29, 0.717) is 0 Å². The Bertz CT molecular complexity index is 2590. The lowest BCUT2D eigenvalue weighted by atomic mass is 10.0. The second kappa shape index (κ2) is 9.18. The molecule has 0 atom stereocenters. The van der Waals surface area contributed by atoms with Gasteiger partial charge in [0.05, 0.1) is 39.1 Å². The van der Waals surface area contributed by atoms with E-state index in [1.165, 1.54) is 32.6 Å². The SMILES string of the molecule is c1ccc(-c2nc3cccc4c3n2-c2ccc(-n3c5ccccc5c5c6ccccc6ccc53)cc2N4c2ccccc2)cc1. The molecule has 3 heterocycles. The number of hydrogen-bond acceptors (Lipinski definition) is 2. The maximum absolute atomic E-state index is 5.20. The van der Waals surface area contributed by atoms with Crippen molar-refractivity contribution in [3.63, 3.8) is 0 Å². The van der Waals surface area contributed by atoms with Crippen molar-refractivity contribution in [1.82, 2.24) is 14.1 Å². The van der Waals surface area contributed by atoms with Gasteiger partial charge in [-0.1, -0.05) is 103 Å². The Labute approximate surface area is 259 Å². The van der Waals surface area contributed by atoms with Crippen molar-refractivity contribution in [3.05, 3.63) is 158 Å². The molecule has 0 spiro atoms. The molecule has 10 rings (SSSR count). The van der Waals surface area contributed by atoms with Gasteiger partial charge in [-0.15, -0.1) is 0 Å². The third kappa shape index (κ3) is 3.39. The molecule has 210 valence electrons. The minimum Gasteiger partial charge on any atom is -0.309 e. The number of imidazole rings is 1. The first-order chi connectivity index (χ1) is 22.3. The van der Waals surface area contributed by atoms with Crippen LogP contribution in [0.15, 0.2) is 158 Å². The smallest absolute Gasteiger partial charge is 0.145 e. The van der Waals surface area contributed by atoms with Gasteiger partial charge in [0, 0.05) is 27.7 Å². The molecule has 45 heavy (non-hydrogen) atoms. The first-order valence-electron chi connectivity index (χ1n) is 15.3. The summed E-state index contributed by atoms with van der Waals surface area (Å²) < 4.78 is 4.76. The summed E-state index contributed by atoms with van der Waals surface area (Å²) in [5.41, 5.74) is 11.2. The molecular formula is C41H26N4. The zero-order chi connectivity index (χ0) is 29.5. The van der Waals surface area contributed by atoms with E-state index in [2.05, 4.69) is 172 Å². The molecule has 0 unspecified atom stereocenters. The highest BCUT2D eigenvalue weighted by atomic mass is 15.2. The van der Waals surface area contributed by atoms with Gasteiger partial charge in [0.2, 0.25) is 0 Å². The Hall–Kier alpha value is -6.13. The number of para-hydroxylation sites is 3. The highest BCUT2D eigenvalue weighted by Gasteiger charge is 2.30. The normalized spacial score (nSPS) is 12.4. The van der Waals surface area contributed by atoms with Crippen LogP contribution in [0.4, 0.5) is 17.1 Å². The summed E-state index contributed by atoms with van der Waals surface area (Å²) in [4.78, 5) is 7.59. The van der Waals surface area contributed by atoms with Gasteiger partial charge in [-0.2, -0.15) is 0 Å². The van der Waals surface area contributed by atoms with E-state index in [0.717, 1.165) is 50.9 Å². The molecule has 4 nitrogen and oxygen atoms in total. The number of benzene rings is 7. The third-order valence-electron chi connectivity index (χ3n) is 9.20. The average molecular weight is 575 g/mol. The maximum atomic E-state index is 5.20. The van der Waals surface area contributed by atoms with E-state index in [1.807, 2.05) is 0 Å². The number of rotatable bonds is 3. The van der Waals surface area contributed by atoms with Gasteiger partial charge in [0.15, 0.2) is 0 Å². The monoisotopic (exact) mass is 574 g/mol. The molecule has 0 amide bonds. The van der Waals surface area contributed by atoms with E-state index in [4.69, 9.17) is 4.98 Å². The van der Waals surface area contributed by atoms with Crippen LogP contribution in [0.25, 0.3) is 66.4 Å². The maximum Gasteiger partial charge on any atom is 0.145 e. The van der Waals surface area contributed by atoms with Crippen molar-refractivity contribution in [2.75, 3.05) is 4.90 Å². The Balaban J connectivity index is 1.31. The van der Waals surface area contributed by atoms with E-state index in [1.54, 1.807) is 0 Å². The van der Waals surface area contributed by atoms with Crippen molar-refractivity contribution in [2.24, 2.45) is 0 Å². The summed E-state index contributed by atoms with van der Waals surface area (Å²) in [6.45, 7) is 0. The van der Waals surface area contributed by atoms with Crippen molar-refractivity contribution in [2.45, 2.75) is 0 Å². The lowest BCUT2D eigenvalue weighted by molar-refractivity contribution is 1.05. The van der Waals surface area contributed by atoms with Gasteiger partial charge in [-0.05, 0) is 65.4 Å². The Morgan fingerprint density at radius 2 is 1.20 bits per heavy atom. The fourth-order valence-electron chi connectivity index (χ4n) is 7.33. The van der Waals surface area contributed by atoms with Crippen LogP contribution in [0.1, 0.15) is 0 Å². The molecule has 0 radical (unpaired) electrons. The lowest BCUT2D eigenvalue weighted by Crippen LogP contribution is -2.19. The van der Waals surface area contributed by atoms with E-state index >= 15 is 0 Å².